The first-order chi connectivity index (χ1) is 16.3. The molecule has 2 amide bonds. The Labute approximate surface area is 198 Å². The van der Waals surface area contributed by atoms with Gasteiger partial charge in [-0.05, 0) is 42.5 Å². The first-order valence-electron chi connectivity index (χ1n) is 11.2. The van der Waals surface area contributed by atoms with Gasteiger partial charge in [-0.2, -0.15) is 0 Å². The Morgan fingerprint density at radius 3 is 2.09 bits per heavy atom. The average molecular weight is 467 g/mol. The van der Waals surface area contributed by atoms with Crippen LogP contribution in [0.5, 0.6) is 0 Å². The van der Waals surface area contributed by atoms with Gasteiger partial charge in [0.05, 0.1) is 0 Å². The summed E-state index contributed by atoms with van der Waals surface area (Å²) in [4.78, 5) is 36.7. The van der Waals surface area contributed by atoms with Gasteiger partial charge in [0.1, 0.15) is 18.7 Å². The molecule has 8 nitrogen and oxygen atoms in total. The Bertz CT molecular complexity index is 1030. The van der Waals surface area contributed by atoms with Crippen molar-refractivity contribution in [1.29, 1.82) is 0 Å². The van der Waals surface area contributed by atoms with E-state index in [0.717, 1.165) is 27.8 Å². The summed E-state index contributed by atoms with van der Waals surface area (Å²) in [5.74, 6) is -2.04. The van der Waals surface area contributed by atoms with E-state index in [2.05, 4.69) is 10.6 Å². The van der Waals surface area contributed by atoms with E-state index >= 15 is 0 Å². The molecule has 0 aliphatic heterocycles. The van der Waals surface area contributed by atoms with E-state index in [1.165, 1.54) is 0 Å². The highest BCUT2D eigenvalue weighted by molar-refractivity contribution is 5.89. The summed E-state index contributed by atoms with van der Waals surface area (Å²) in [6.07, 6.45) is 1.04. The number of nitrogens with one attached hydrogen (secondary N) is 2. The molecule has 0 saturated heterocycles. The minimum absolute atomic E-state index is 0.0963. The van der Waals surface area contributed by atoms with Gasteiger partial charge in [-0.25, -0.2) is 9.59 Å². The third-order valence-corrected chi connectivity index (χ3v) is 5.75. The second kappa shape index (κ2) is 11.5. The van der Waals surface area contributed by atoms with Crippen LogP contribution in [-0.4, -0.2) is 53.5 Å². The fraction of sp³-hybridized carbons (Fsp3) is 0.346. The number of carbonyl (C=O) groups is 3. The highest BCUT2D eigenvalue weighted by Crippen LogP contribution is 2.44. The molecule has 8 heteroatoms. The van der Waals surface area contributed by atoms with Crippen molar-refractivity contribution in [2.75, 3.05) is 13.2 Å². The molecule has 2 atom stereocenters. The monoisotopic (exact) mass is 466 g/mol. The Morgan fingerprint density at radius 2 is 1.56 bits per heavy atom. The number of alkyl carbamates (subject to hydrolysis) is 1. The zero-order valence-electron chi connectivity index (χ0n) is 19.3. The number of hydrogen-bond acceptors (Lipinski definition) is 5. The van der Waals surface area contributed by atoms with Gasteiger partial charge in [-0.3, -0.25) is 4.79 Å². The van der Waals surface area contributed by atoms with Crippen molar-refractivity contribution >= 4 is 18.0 Å². The summed E-state index contributed by atoms with van der Waals surface area (Å²) in [6.45, 7) is 3.41. The summed E-state index contributed by atoms with van der Waals surface area (Å²) < 4.78 is 5.52. The van der Waals surface area contributed by atoms with Gasteiger partial charge in [0.2, 0.25) is 5.91 Å². The topological polar surface area (TPSA) is 125 Å². The van der Waals surface area contributed by atoms with Gasteiger partial charge < -0.3 is 25.6 Å². The van der Waals surface area contributed by atoms with Crippen LogP contribution in [0.3, 0.4) is 0 Å². The molecule has 4 N–H and O–H groups in total. The Morgan fingerprint density at radius 1 is 0.971 bits per heavy atom. The number of aliphatic carboxylic acids is 1. The van der Waals surface area contributed by atoms with Crippen molar-refractivity contribution in [3.05, 3.63) is 71.3 Å². The zero-order chi connectivity index (χ0) is 24.7. The van der Waals surface area contributed by atoms with E-state index in [-0.39, 0.29) is 25.4 Å². The van der Waals surface area contributed by atoms with Gasteiger partial charge >= 0.3 is 12.1 Å². The summed E-state index contributed by atoms with van der Waals surface area (Å²) in [5.41, 5.74) is 5.30. The first kappa shape index (κ1) is 25.0. The van der Waals surface area contributed by atoms with Crippen molar-refractivity contribution in [3.63, 3.8) is 0 Å². The van der Waals surface area contributed by atoms with Crippen LogP contribution in [0, 0.1) is 0 Å². The standard InChI is InChI=1S/C26H30N2O6/c1-16(2)11-12-22(24(30)27-23(13-14-29)25(31)32)28-26(33)34-15-21-19-9-5-3-7-17(19)18-8-4-6-10-20(18)21/h3-11,21-23,29H,12-15H2,1-2H3,(H,27,30)(H,28,33)(H,31,32)/t22?,23-/m1/s1. The van der Waals surface area contributed by atoms with E-state index < -0.39 is 36.7 Å². The number of rotatable bonds is 10. The number of hydrogen-bond donors (Lipinski definition) is 4. The maximum atomic E-state index is 12.7. The highest BCUT2D eigenvalue weighted by atomic mass is 16.5. The molecule has 2 aromatic carbocycles. The lowest BCUT2D eigenvalue weighted by Gasteiger charge is -2.21. The maximum Gasteiger partial charge on any atom is 0.407 e. The molecule has 0 saturated carbocycles. The van der Waals surface area contributed by atoms with Crippen LogP contribution in [0.25, 0.3) is 11.1 Å². The van der Waals surface area contributed by atoms with Gasteiger partial charge in [0.15, 0.2) is 0 Å². The summed E-state index contributed by atoms with van der Waals surface area (Å²) in [6, 6.07) is 13.7. The fourth-order valence-electron chi connectivity index (χ4n) is 4.03. The fourth-order valence-corrected chi connectivity index (χ4v) is 4.03. The largest absolute Gasteiger partial charge is 0.480 e. The molecule has 3 rings (SSSR count). The third kappa shape index (κ3) is 6.02. The number of aliphatic hydroxyl groups excluding tert-OH is 1. The Balaban J connectivity index is 1.68. The Kier molecular flexibility index (Phi) is 8.43. The van der Waals surface area contributed by atoms with Gasteiger partial charge in [0, 0.05) is 18.9 Å². The average Bonchev–Trinajstić information content (AvgIpc) is 3.13. The molecule has 1 aliphatic rings. The summed E-state index contributed by atoms with van der Waals surface area (Å²) in [7, 11) is 0. The number of benzene rings is 2. The van der Waals surface area contributed by atoms with E-state index in [1.54, 1.807) is 6.08 Å². The van der Waals surface area contributed by atoms with Gasteiger partial charge in [0.25, 0.3) is 0 Å². The van der Waals surface area contributed by atoms with E-state index in [4.69, 9.17) is 9.84 Å². The van der Waals surface area contributed by atoms with Crippen molar-refractivity contribution < 1.29 is 29.3 Å². The van der Waals surface area contributed by atoms with Crippen molar-refractivity contribution in [1.82, 2.24) is 10.6 Å². The van der Waals surface area contributed by atoms with Crippen molar-refractivity contribution in [2.45, 2.75) is 44.7 Å². The van der Waals surface area contributed by atoms with E-state index in [9.17, 15) is 19.5 Å². The van der Waals surface area contributed by atoms with Crippen molar-refractivity contribution in [3.8, 4) is 11.1 Å². The smallest absolute Gasteiger partial charge is 0.407 e. The number of carbonyl (C=O) groups excluding carboxylic acids is 2. The molecule has 34 heavy (non-hydrogen) atoms. The second-order valence-electron chi connectivity index (χ2n) is 8.45. The number of ether oxygens (including phenoxy) is 1. The van der Waals surface area contributed by atoms with Crippen LogP contribution in [0.4, 0.5) is 4.79 Å². The van der Waals surface area contributed by atoms with Gasteiger partial charge in [-0.15, -0.1) is 0 Å². The highest BCUT2D eigenvalue weighted by Gasteiger charge is 2.30. The molecule has 0 heterocycles. The van der Waals surface area contributed by atoms with Gasteiger partial charge in [-0.1, -0.05) is 60.2 Å². The SMILES string of the molecule is CC(C)=CCC(NC(=O)OCC1c2ccccc2-c2ccccc21)C(=O)N[C@H](CCO)C(=O)O. The summed E-state index contributed by atoms with van der Waals surface area (Å²) in [5, 5.41) is 23.2. The normalized spacial score (nSPS) is 13.7. The lowest BCUT2D eigenvalue weighted by molar-refractivity contribution is -0.142. The molecule has 1 unspecified atom stereocenters. The van der Waals surface area contributed by atoms with Crippen molar-refractivity contribution in [2.24, 2.45) is 0 Å². The number of allylic oxidation sites excluding steroid dienone is 1. The summed E-state index contributed by atoms with van der Waals surface area (Å²) >= 11 is 0. The van der Waals surface area contributed by atoms with Crippen LogP contribution >= 0.6 is 0 Å². The lowest BCUT2D eigenvalue weighted by atomic mass is 9.98. The maximum absolute atomic E-state index is 12.7. The second-order valence-corrected chi connectivity index (χ2v) is 8.45. The number of carboxylic acids is 1. The minimum atomic E-state index is -1.26. The lowest BCUT2D eigenvalue weighted by Crippen LogP contribution is -2.51. The molecule has 0 aromatic heterocycles. The van der Waals surface area contributed by atoms with Crippen LogP contribution in [-0.2, 0) is 14.3 Å². The Hall–Kier alpha value is -3.65. The van der Waals surface area contributed by atoms with Crippen LogP contribution in [0.2, 0.25) is 0 Å². The molecule has 0 spiro atoms. The van der Waals surface area contributed by atoms with Crippen LogP contribution in [0.15, 0.2) is 60.2 Å². The van der Waals surface area contributed by atoms with E-state index in [0.29, 0.717) is 0 Å². The number of aliphatic hydroxyl groups is 1. The predicted octanol–water partition coefficient (Wildman–Crippen LogP) is 3.20. The number of amides is 2. The molecule has 0 fully saturated rings. The molecular weight excluding hydrogens is 436 g/mol. The molecule has 180 valence electrons. The van der Waals surface area contributed by atoms with E-state index in [1.807, 2.05) is 62.4 Å². The minimum Gasteiger partial charge on any atom is -0.480 e. The number of carboxylic acid groups (broad SMARTS) is 1. The molecule has 0 radical (unpaired) electrons. The van der Waals surface area contributed by atoms with Crippen LogP contribution < -0.4 is 10.6 Å². The molecule has 1 aliphatic carbocycles. The quantitative estimate of drug-likeness (QED) is 0.399. The molecule has 2 aromatic rings. The molecular formula is C26H30N2O6. The first-order valence-corrected chi connectivity index (χ1v) is 11.2. The zero-order valence-corrected chi connectivity index (χ0v) is 19.3. The molecule has 0 bridgehead atoms. The third-order valence-electron chi connectivity index (χ3n) is 5.75. The predicted molar refractivity (Wildman–Crippen MR) is 127 cm³/mol. The van der Waals surface area contributed by atoms with Crippen LogP contribution in [0.1, 0.15) is 43.7 Å². The number of fused-ring (bicyclic) bond motifs is 3.